The van der Waals surface area contributed by atoms with Crippen molar-refractivity contribution >= 4 is 16.8 Å². The lowest BCUT2D eigenvalue weighted by atomic mass is 10.0. The van der Waals surface area contributed by atoms with Gasteiger partial charge in [-0.25, -0.2) is 4.98 Å². The Hall–Kier alpha value is -2.21. The lowest BCUT2D eigenvalue weighted by Gasteiger charge is -2.32. The third kappa shape index (κ3) is 3.19. The third-order valence-electron chi connectivity index (χ3n) is 5.00. The van der Waals surface area contributed by atoms with E-state index in [1.54, 1.807) is 12.1 Å². The number of nitrogens with one attached hydrogen (secondary N) is 1. The summed E-state index contributed by atoms with van der Waals surface area (Å²) in [5, 5.41) is 3.62. The summed E-state index contributed by atoms with van der Waals surface area (Å²) < 4.78 is 1.39. The number of carbonyl (C=O) groups is 1. The molecule has 1 aromatic heterocycles. The second-order valence-corrected chi connectivity index (χ2v) is 6.80. The minimum Gasteiger partial charge on any atom is -0.352 e. The quantitative estimate of drug-likeness (QED) is 0.915. The van der Waals surface area contributed by atoms with Crippen LogP contribution in [0.25, 0.3) is 10.9 Å². The van der Waals surface area contributed by atoms with Gasteiger partial charge in [-0.15, -0.1) is 0 Å². The molecule has 1 aliphatic carbocycles. The first-order valence-electron chi connectivity index (χ1n) is 8.68. The average Bonchev–Trinajstić information content (AvgIpc) is 3.43. The fourth-order valence-corrected chi connectivity index (χ4v) is 3.50. The topological polar surface area (TPSA) is 67.2 Å². The molecule has 1 aromatic carbocycles. The Morgan fingerprint density at radius 3 is 2.67 bits per heavy atom. The largest absolute Gasteiger partial charge is 0.352 e. The van der Waals surface area contributed by atoms with Crippen LogP contribution < -0.4 is 10.9 Å². The van der Waals surface area contributed by atoms with E-state index < -0.39 is 0 Å². The van der Waals surface area contributed by atoms with Crippen molar-refractivity contribution in [2.75, 3.05) is 13.1 Å². The average molecular weight is 326 g/mol. The SMILES string of the molecule is O=C(Cn1cnc2ccccc2c1=O)NC1CCN(C2CC2)CC1. The number of nitrogens with zero attached hydrogens (tertiary/aromatic N) is 3. The first kappa shape index (κ1) is 15.3. The van der Waals surface area contributed by atoms with Gasteiger partial charge in [0.05, 0.1) is 17.2 Å². The van der Waals surface area contributed by atoms with Crippen LogP contribution in [0.3, 0.4) is 0 Å². The molecule has 2 aromatic rings. The molecule has 6 heteroatoms. The van der Waals surface area contributed by atoms with E-state index in [1.807, 2.05) is 12.1 Å². The minimum atomic E-state index is -0.167. The second kappa shape index (κ2) is 6.36. The van der Waals surface area contributed by atoms with Crippen LogP contribution in [-0.4, -0.2) is 45.5 Å². The summed E-state index contributed by atoms with van der Waals surface area (Å²) in [5.41, 5.74) is 0.492. The summed E-state index contributed by atoms with van der Waals surface area (Å²) in [4.78, 5) is 31.5. The predicted octanol–water partition coefficient (Wildman–Crippen LogP) is 1.14. The highest BCUT2D eigenvalue weighted by atomic mass is 16.2. The van der Waals surface area contributed by atoms with Crippen LogP contribution in [0.2, 0.25) is 0 Å². The number of amides is 1. The zero-order valence-corrected chi connectivity index (χ0v) is 13.6. The van der Waals surface area contributed by atoms with Gasteiger partial charge < -0.3 is 10.2 Å². The highest BCUT2D eigenvalue weighted by Crippen LogP contribution is 2.29. The monoisotopic (exact) mass is 326 g/mol. The van der Waals surface area contributed by atoms with Gasteiger partial charge in [-0.1, -0.05) is 12.1 Å². The molecule has 1 N–H and O–H groups in total. The first-order chi connectivity index (χ1) is 11.7. The Kier molecular flexibility index (Phi) is 4.06. The summed E-state index contributed by atoms with van der Waals surface area (Å²) >= 11 is 0. The molecule has 4 rings (SSSR count). The van der Waals surface area contributed by atoms with E-state index >= 15 is 0 Å². The summed E-state index contributed by atoms with van der Waals surface area (Å²) in [6, 6.07) is 8.21. The Morgan fingerprint density at radius 1 is 1.17 bits per heavy atom. The molecule has 0 unspecified atom stereocenters. The number of hydrogen-bond donors (Lipinski definition) is 1. The number of rotatable bonds is 4. The molecule has 0 radical (unpaired) electrons. The highest BCUT2D eigenvalue weighted by molar-refractivity contribution is 5.79. The summed E-state index contributed by atoms with van der Waals surface area (Å²) in [6.07, 6.45) is 6.10. The minimum absolute atomic E-state index is 0.0273. The summed E-state index contributed by atoms with van der Waals surface area (Å²) in [6.45, 7) is 2.15. The van der Waals surface area contributed by atoms with Crippen molar-refractivity contribution in [3.63, 3.8) is 0 Å². The van der Waals surface area contributed by atoms with Crippen LogP contribution in [0.4, 0.5) is 0 Å². The van der Waals surface area contributed by atoms with E-state index in [9.17, 15) is 9.59 Å². The number of para-hydroxylation sites is 1. The standard InChI is InChI=1S/C18H22N4O2/c23-17(20-13-7-9-21(10-8-13)14-5-6-14)11-22-12-19-16-4-2-1-3-15(16)18(22)24/h1-4,12-14H,5-11H2,(H,20,23). The Morgan fingerprint density at radius 2 is 1.92 bits per heavy atom. The molecule has 0 bridgehead atoms. The fourth-order valence-electron chi connectivity index (χ4n) is 3.50. The molecular weight excluding hydrogens is 304 g/mol. The van der Waals surface area contributed by atoms with Gasteiger partial charge in [-0.3, -0.25) is 14.2 Å². The number of piperidine rings is 1. The summed E-state index contributed by atoms with van der Waals surface area (Å²) in [5.74, 6) is -0.112. The van der Waals surface area contributed by atoms with Crippen LogP contribution in [0.5, 0.6) is 0 Å². The first-order valence-corrected chi connectivity index (χ1v) is 8.68. The van der Waals surface area contributed by atoms with Crippen LogP contribution in [0.15, 0.2) is 35.4 Å². The Balaban J connectivity index is 1.38. The third-order valence-corrected chi connectivity index (χ3v) is 5.00. The van der Waals surface area contributed by atoms with Crippen molar-refractivity contribution in [2.24, 2.45) is 0 Å². The number of benzene rings is 1. The van der Waals surface area contributed by atoms with Gasteiger partial charge in [-0.05, 0) is 37.8 Å². The lowest BCUT2D eigenvalue weighted by molar-refractivity contribution is -0.122. The molecule has 1 saturated heterocycles. The van der Waals surface area contributed by atoms with Crippen molar-refractivity contribution in [3.05, 3.63) is 40.9 Å². The van der Waals surface area contributed by atoms with Crippen molar-refractivity contribution in [1.82, 2.24) is 19.8 Å². The van der Waals surface area contributed by atoms with Crippen molar-refractivity contribution in [1.29, 1.82) is 0 Å². The fraction of sp³-hybridized carbons (Fsp3) is 0.500. The van der Waals surface area contributed by atoms with E-state index in [0.717, 1.165) is 32.0 Å². The van der Waals surface area contributed by atoms with Crippen molar-refractivity contribution in [2.45, 2.75) is 44.3 Å². The van der Waals surface area contributed by atoms with Crippen molar-refractivity contribution < 1.29 is 4.79 Å². The molecule has 24 heavy (non-hydrogen) atoms. The smallest absolute Gasteiger partial charge is 0.261 e. The maximum atomic E-state index is 12.4. The zero-order valence-electron chi connectivity index (χ0n) is 13.6. The van der Waals surface area contributed by atoms with Crippen molar-refractivity contribution in [3.8, 4) is 0 Å². The number of fused-ring (bicyclic) bond motifs is 1. The van der Waals surface area contributed by atoms with E-state index in [1.165, 1.54) is 23.7 Å². The summed E-state index contributed by atoms with van der Waals surface area (Å²) in [7, 11) is 0. The van der Waals surface area contributed by atoms with Gasteiger partial charge in [0.1, 0.15) is 6.54 Å². The molecule has 0 spiro atoms. The maximum absolute atomic E-state index is 12.4. The van der Waals surface area contributed by atoms with E-state index in [-0.39, 0.29) is 24.1 Å². The number of likely N-dealkylation sites (tertiary alicyclic amines) is 1. The molecule has 6 nitrogen and oxygen atoms in total. The van der Waals surface area contributed by atoms with Gasteiger partial charge in [0.25, 0.3) is 5.56 Å². The van der Waals surface area contributed by atoms with Crippen LogP contribution in [-0.2, 0) is 11.3 Å². The van der Waals surface area contributed by atoms with E-state index in [0.29, 0.717) is 10.9 Å². The van der Waals surface area contributed by atoms with Crippen LogP contribution in [0, 0.1) is 0 Å². The van der Waals surface area contributed by atoms with E-state index in [4.69, 9.17) is 0 Å². The predicted molar refractivity (Wildman–Crippen MR) is 91.8 cm³/mol. The normalized spacial score (nSPS) is 19.5. The molecule has 1 aliphatic heterocycles. The lowest BCUT2D eigenvalue weighted by Crippen LogP contribution is -2.46. The Bertz CT molecular complexity index is 804. The van der Waals surface area contributed by atoms with Gasteiger partial charge in [-0.2, -0.15) is 0 Å². The molecule has 2 aliphatic rings. The van der Waals surface area contributed by atoms with Gasteiger partial charge in [0.2, 0.25) is 5.91 Å². The molecule has 2 fully saturated rings. The molecule has 1 saturated carbocycles. The zero-order chi connectivity index (χ0) is 16.5. The molecule has 2 heterocycles. The molecule has 1 amide bonds. The molecule has 0 atom stereocenters. The Labute approximate surface area is 140 Å². The van der Waals surface area contributed by atoms with E-state index in [2.05, 4.69) is 15.2 Å². The highest BCUT2D eigenvalue weighted by Gasteiger charge is 2.32. The molecular formula is C18H22N4O2. The van der Waals surface area contributed by atoms with Gasteiger partial charge in [0.15, 0.2) is 0 Å². The van der Waals surface area contributed by atoms with Gasteiger partial charge in [0, 0.05) is 25.2 Å². The van der Waals surface area contributed by atoms with Crippen LogP contribution in [0.1, 0.15) is 25.7 Å². The number of hydrogen-bond acceptors (Lipinski definition) is 4. The number of aromatic nitrogens is 2. The second-order valence-electron chi connectivity index (χ2n) is 6.80. The van der Waals surface area contributed by atoms with Crippen LogP contribution >= 0.6 is 0 Å². The van der Waals surface area contributed by atoms with Gasteiger partial charge >= 0.3 is 0 Å². The molecule has 126 valence electrons. The number of carbonyl (C=O) groups excluding carboxylic acids is 1. The maximum Gasteiger partial charge on any atom is 0.261 e.